The van der Waals surface area contributed by atoms with Gasteiger partial charge in [0, 0.05) is 11.7 Å². The number of rotatable bonds is 5. The van der Waals surface area contributed by atoms with Crippen LogP contribution < -0.4 is 10.9 Å². The van der Waals surface area contributed by atoms with Gasteiger partial charge in [-0.05, 0) is 33.2 Å². The summed E-state index contributed by atoms with van der Waals surface area (Å²) in [5, 5.41) is 3.39. The van der Waals surface area contributed by atoms with E-state index < -0.39 is 0 Å². The fourth-order valence-corrected chi connectivity index (χ4v) is 1.87. The highest BCUT2D eigenvalue weighted by Gasteiger charge is 2.14. The Morgan fingerprint density at radius 1 is 1.35 bits per heavy atom. The lowest BCUT2D eigenvalue weighted by Crippen LogP contribution is -2.30. The van der Waals surface area contributed by atoms with E-state index in [0.717, 1.165) is 24.2 Å². The Hall–Kier alpha value is -1.16. The van der Waals surface area contributed by atoms with Gasteiger partial charge < -0.3 is 10.3 Å². The highest BCUT2D eigenvalue weighted by atomic mass is 16.1. The topological polar surface area (TPSA) is 57.8 Å². The molecule has 0 aliphatic rings. The first-order valence-electron chi connectivity index (χ1n) is 6.26. The Morgan fingerprint density at radius 3 is 2.53 bits per heavy atom. The maximum Gasteiger partial charge on any atom is 0.255 e. The Balaban J connectivity index is 2.82. The van der Waals surface area contributed by atoms with Crippen LogP contribution in [0.5, 0.6) is 0 Å². The average Bonchev–Trinajstić information content (AvgIpc) is 2.24. The number of aromatic amines is 1. The van der Waals surface area contributed by atoms with Crippen LogP contribution in [0.3, 0.4) is 0 Å². The summed E-state index contributed by atoms with van der Waals surface area (Å²) in [5.74, 6) is 1.29. The third kappa shape index (κ3) is 3.66. The zero-order valence-electron chi connectivity index (χ0n) is 11.4. The molecule has 0 saturated carbocycles. The van der Waals surface area contributed by atoms with Crippen molar-refractivity contribution in [1.82, 2.24) is 15.3 Å². The zero-order chi connectivity index (χ0) is 13.0. The number of nitrogens with zero attached hydrogens (tertiary/aromatic N) is 1. The molecule has 1 heterocycles. The van der Waals surface area contributed by atoms with E-state index >= 15 is 0 Å². The standard InChI is InChI=1S/C13H23N3O/c1-6-8(2)7-14-9(3)12-10(4)15-11(5)16-13(12)17/h8-9,14H,6-7H2,1-5H3,(H,15,16,17). The molecule has 2 unspecified atom stereocenters. The van der Waals surface area contributed by atoms with Crippen molar-refractivity contribution in [2.24, 2.45) is 5.92 Å². The zero-order valence-corrected chi connectivity index (χ0v) is 11.4. The summed E-state index contributed by atoms with van der Waals surface area (Å²) in [6.07, 6.45) is 1.14. The van der Waals surface area contributed by atoms with E-state index in [2.05, 4.69) is 29.1 Å². The molecule has 0 aliphatic heterocycles. The van der Waals surface area contributed by atoms with Crippen molar-refractivity contribution in [2.45, 2.75) is 47.1 Å². The van der Waals surface area contributed by atoms with E-state index in [-0.39, 0.29) is 11.6 Å². The maximum absolute atomic E-state index is 11.9. The van der Waals surface area contributed by atoms with Crippen molar-refractivity contribution in [1.29, 1.82) is 0 Å². The lowest BCUT2D eigenvalue weighted by atomic mass is 10.1. The first kappa shape index (κ1) is 13.9. The monoisotopic (exact) mass is 237 g/mol. The number of aryl methyl sites for hydroxylation is 2. The molecule has 96 valence electrons. The van der Waals surface area contributed by atoms with Crippen molar-refractivity contribution >= 4 is 0 Å². The number of H-pyrrole nitrogens is 1. The van der Waals surface area contributed by atoms with Gasteiger partial charge in [0.2, 0.25) is 0 Å². The Kier molecular flexibility index (Phi) is 4.87. The second-order valence-corrected chi connectivity index (χ2v) is 4.79. The molecule has 4 nitrogen and oxygen atoms in total. The minimum atomic E-state index is -0.0286. The van der Waals surface area contributed by atoms with Gasteiger partial charge in [-0.15, -0.1) is 0 Å². The molecule has 0 aromatic carbocycles. The Bertz CT molecular complexity index is 425. The summed E-state index contributed by atoms with van der Waals surface area (Å²) in [6, 6.07) is 0.0425. The van der Waals surface area contributed by atoms with Crippen LogP contribution >= 0.6 is 0 Å². The van der Waals surface area contributed by atoms with Crippen molar-refractivity contribution in [3.63, 3.8) is 0 Å². The predicted molar refractivity (Wildman–Crippen MR) is 70.2 cm³/mol. The molecule has 0 radical (unpaired) electrons. The molecule has 0 fully saturated rings. The molecule has 0 bridgehead atoms. The van der Waals surface area contributed by atoms with Crippen LogP contribution in [0.1, 0.15) is 50.3 Å². The van der Waals surface area contributed by atoms with Crippen molar-refractivity contribution < 1.29 is 0 Å². The molecule has 1 aromatic heterocycles. The van der Waals surface area contributed by atoms with Crippen LogP contribution in [0.15, 0.2) is 4.79 Å². The van der Waals surface area contributed by atoms with Gasteiger partial charge >= 0.3 is 0 Å². The second kappa shape index (κ2) is 5.96. The van der Waals surface area contributed by atoms with E-state index in [1.807, 2.05) is 13.8 Å². The van der Waals surface area contributed by atoms with Crippen molar-refractivity contribution in [3.8, 4) is 0 Å². The smallest absolute Gasteiger partial charge is 0.255 e. The molecule has 0 spiro atoms. The highest BCUT2D eigenvalue weighted by molar-refractivity contribution is 5.19. The summed E-state index contributed by atoms with van der Waals surface area (Å²) in [7, 11) is 0. The summed E-state index contributed by atoms with van der Waals surface area (Å²) < 4.78 is 0. The molecular formula is C13H23N3O. The highest BCUT2D eigenvalue weighted by Crippen LogP contribution is 2.11. The third-order valence-electron chi connectivity index (χ3n) is 3.17. The average molecular weight is 237 g/mol. The van der Waals surface area contributed by atoms with Gasteiger partial charge in [-0.3, -0.25) is 4.79 Å². The molecule has 0 amide bonds. The van der Waals surface area contributed by atoms with E-state index in [1.54, 1.807) is 6.92 Å². The minimum Gasteiger partial charge on any atom is -0.310 e. The predicted octanol–water partition coefficient (Wildman–Crippen LogP) is 2.08. The van der Waals surface area contributed by atoms with Gasteiger partial charge in [0.05, 0.1) is 5.56 Å². The van der Waals surface area contributed by atoms with Crippen LogP contribution in [-0.2, 0) is 0 Å². The normalized spacial score (nSPS) is 14.6. The molecular weight excluding hydrogens is 214 g/mol. The number of hydrogen-bond acceptors (Lipinski definition) is 3. The first-order chi connectivity index (χ1) is 7.95. The van der Waals surface area contributed by atoms with Crippen LogP contribution in [0.25, 0.3) is 0 Å². The molecule has 1 aromatic rings. The molecule has 0 saturated heterocycles. The van der Waals surface area contributed by atoms with Gasteiger partial charge in [-0.1, -0.05) is 20.3 Å². The minimum absolute atomic E-state index is 0.0286. The molecule has 2 atom stereocenters. The van der Waals surface area contributed by atoms with Gasteiger partial charge in [-0.25, -0.2) is 4.98 Å². The fourth-order valence-electron chi connectivity index (χ4n) is 1.87. The van der Waals surface area contributed by atoms with Gasteiger partial charge in [0.25, 0.3) is 5.56 Å². The SMILES string of the molecule is CCC(C)CNC(C)c1c(C)nc(C)[nH]c1=O. The van der Waals surface area contributed by atoms with Crippen molar-refractivity contribution in [3.05, 3.63) is 27.4 Å². The first-order valence-corrected chi connectivity index (χ1v) is 6.26. The summed E-state index contributed by atoms with van der Waals surface area (Å²) >= 11 is 0. The quantitative estimate of drug-likeness (QED) is 0.824. The van der Waals surface area contributed by atoms with E-state index in [4.69, 9.17) is 0 Å². The van der Waals surface area contributed by atoms with E-state index in [1.165, 1.54) is 0 Å². The summed E-state index contributed by atoms with van der Waals surface area (Å²) in [4.78, 5) is 18.9. The Morgan fingerprint density at radius 2 is 2.00 bits per heavy atom. The maximum atomic E-state index is 11.9. The lowest BCUT2D eigenvalue weighted by Gasteiger charge is -2.17. The molecule has 4 heteroatoms. The number of aromatic nitrogens is 2. The van der Waals surface area contributed by atoms with Gasteiger partial charge in [0.1, 0.15) is 5.82 Å². The molecule has 1 rings (SSSR count). The number of hydrogen-bond donors (Lipinski definition) is 2. The molecule has 2 N–H and O–H groups in total. The van der Waals surface area contributed by atoms with Gasteiger partial charge in [0.15, 0.2) is 0 Å². The van der Waals surface area contributed by atoms with E-state index in [0.29, 0.717) is 11.7 Å². The van der Waals surface area contributed by atoms with Crippen LogP contribution in [-0.4, -0.2) is 16.5 Å². The summed E-state index contributed by atoms with van der Waals surface area (Å²) in [5.41, 5.74) is 1.54. The summed E-state index contributed by atoms with van der Waals surface area (Å²) in [6.45, 7) is 11.0. The van der Waals surface area contributed by atoms with Crippen LogP contribution in [0.2, 0.25) is 0 Å². The van der Waals surface area contributed by atoms with Gasteiger partial charge in [-0.2, -0.15) is 0 Å². The largest absolute Gasteiger partial charge is 0.310 e. The molecule has 17 heavy (non-hydrogen) atoms. The number of nitrogens with one attached hydrogen (secondary N) is 2. The van der Waals surface area contributed by atoms with Crippen molar-refractivity contribution in [2.75, 3.05) is 6.54 Å². The fraction of sp³-hybridized carbons (Fsp3) is 0.692. The third-order valence-corrected chi connectivity index (χ3v) is 3.17. The molecule has 0 aliphatic carbocycles. The Labute approximate surface area is 103 Å². The van der Waals surface area contributed by atoms with E-state index in [9.17, 15) is 4.79 Å². The lowest BCUT2D eigenvalue weighted by molar-refractivity contribution is 0.457. The second-order valence-electron chi connectivity index (χ2n) is 4.79. The van der Waals surface area contributed by atoms with Crippen LogP contribution in [0, 0.1) is 19.8 Å². The van der Waals surface area contributed by atoms with Crippen LogP contribution in [0.4, 0.5) is 0 Å².